The lowest BCUT2D eigenvalue weighted by Crippen LogP contribution is -2.58. The van der Waals surface area contributed by atoms with E-state index in [-0.39, 0.29) is 10.8 Å². The largest absolute Gasteiger partial charge is 0.481 e. The molecule has 2 bridgehead atoms. The average Bonchev–Trinajstić information content (AvgIpc) is 2.39. The van der Waals surface area contributed by atoms with E-state index in [1.54, 1.807) is 0 Å². The third kappa shape index (κ3) is 0.511. The summed E-state index contributed by atoms with van der Waals surface area (Å²) in [6.07, 6.45) is 2.86. The minimum atomic E-state index is -0.581. The van der Waals surface area contributed by atoms with E-state index in [1.807, 2.05) is 0 Å². The van der Waals surface area contributed by atoms with Gasteiger partial charge in [-0.05, 0) is 30.1 Å². The molecule has 2 heteroatoms. The number of carboxylic acids is 1. The number of hydrogen-bond acceptors (Lipinski definition) is 1. The molecule has 0 aromatic heterocycles. The molecule has 0 saturated heterocycles. The fourth-order valence-corrected chi connectivity index (χ4v) is 3.32. The van der Waals surface area contributed by atoms with Crippen LogP contribution >= 0.6 is 0 Å². The molecule has 0 spiro atoms. The summed E-state index contributed by atoms with van der Waals surface area (Å²) in [4.78, 5) is 11.1. The maximum atomic E-state index is 11.1. The van der Waals surface area contributed by atoms with E-state index in [9.17, 15) is 4.79 Å². The zero-order valence-corrected chi connectivity index (χ0v) is 7.98. The Morgan fingerprint density at radius 3 is 2.00 bits per heavy atom. The molecule has 0 aromatic rings. The number of aliphatic carboxylic acids is 1. The number of rotatable bonds is 1. The standard InChI is InChI=1S/C10H16O2/c1-8(2)9(3)4-5-10(8,6-9)7(11)12/h4-6H2,1-3H3,(H,11,12)/t9-,10-/m1/s1. The smallest absolute Gasteiger partial charge is 0.310 e. The van der Waals surface area contributed by atoms with Crippen molar-refractivity contribution in [1.82, 2.24) is 0 Å². The Kier molecular flexibility index (Phi) is 1.15. The van der Waals surface area contributed by atoms with E-state index in [0.29, 0.717) is 5.41 Å². The molecule has 0 aromatic carbocycles. The SMILES string of the molecule is CC1(C)[C@]2(C)CC[C@]1(C(=O)O)C2. The van der Waals surface area contributed by atoms with Crippen LogP contribution in [0.15, 0.2) is 0 Å². The van der Waals surface area contributed by atoms with Gasteiger partial charge in [-0.15, -0.1) is 0 Å². The van der Waals surface area contributed by atoms with E-state index < -0.39 is 5.97 Å². The molecule has 3 saturated carbocycles. The van der Waals surface area contributed by atoms with Crippen molar-refractivity contribution in [3.05, 3.63) is 0 Å². The van der Waals surface area contributed by atoms with Crippen molar-refractivity contribution in [1.29, 1.82) is 0 Å². The maximum absolute atomic E-state index is 11.1. The molecule has 0 amide bonds. The first-order chi connectivity index (χ1) is 5.36. The van der Waals surface area contributed by atoms with Crippen LogP contribution in [-0.4, -0.2) is 11.1 Å². The molecule has 0 radical (unpaired) electrons. The van der Waals surface area contributed by atoms with Crippen molar-refractivity contribution >= 4 is 5.97 Å². The third-order valence-electron chi connectivity index (χ3n) is 4.91. The van der Waals surface area contributed by atoms with Gasteiger partial charge in [-0.2, -0.15) is 0 Å². The van der Waals surface area contributed by atoms with Crippen LogP contribution in [0.2, 0.25) is 0 Å². The monoisotopic (exact) mass is 168 g/mol. The lowest BCUT2D eigenvalue weighted by atomic mass is 9.44. The van der Waals surface area contributed by atoms with Gasteiger partial charge < -0.3 is 5.11 Å². The van der Waals surface area contributed by atoms with Crippen LogP contribution in [0.4, 0.5) is 0 Å². The van der Waals surface area contributed by atoms with Crippen molar-refractivity contribution in [3.8, 4) is 0 Å². The zero-order valence-electron chi connectivity index (χ0n) is 7.98. The van der Waals surface area contributed by atoms with Crippen molar-refractivity contribution in [2.45, 2.75) is 40.0 Å². The minimum absolute atomic E-state index is 0.00579. The van der Waals surface area contributed by atoms with E-state index in [1.165, 1.54) is 0 Å². The molecular weight excluding hydrogens is 152 g/mol. The summed E-state index contributed by atoms with van der Waals surface area (Å²) in [5.41, 5.74) is -0.0844. The second-order valence-corrected chi connectivity index (χ2v) is 5.25. The highest BCUT2D eigenvalue weighted by Crippen LogP contribution is 2.77. The van der Waals surface area contributed by atoms with Gasteiger partial charge in [-0.25, -0.2) is 0 Å². The van der Waals surface area contributed by atoms with Gasteiger partial charge in [0.1, 0.15) is 0 Å². The molecular formula is C10H16O2. The Bertz CT molecular complexity index is 257. The second-order valence-electron chi connectivity index (χ2n) is 5.25. The van der Waals surface area contributed by atoms with Crippen molar-refractivity contribution < 1.29 is 9.90 Å². The van der Waals surface area contributed by atoms with Gasteiger partial charge in [0.05, 0.1) is 5.41 Å². The lowest BCUT2D eigenvalue weighted by Gasteiger charge is -2.59. The highest BCUT2D eigenvalue weighted by molar-refractivity contribution is 5.79. The van der Waals surface area contributed by atoms with Crippen LogP contribution in [0.5, 0.6) is 0 Å². The van der Waals surface area contributed by atoms with Gasteiger partial charge in [0, 0.05) is 0 Å². The highest BCUT2D eigenvalue weighted by atomic mass is 16.4. The van der Waals surface area contributed by atoms with Crippen LogP contribution in [0.1, 0.15) is 40.0 Å². The first kappa shape index (κ1) is 8.09. The fraction of sp³-hybridized carbons (Fsp3) is 0.900. The van der Waals surface area contributed by atoms with Crippen LogP contribution in [0.25, 0.3) is 0 Å². The Morgan fingerprint density at radius 1 is 1.25 bits per heavy atom. The summed E-state index contributed by atoms with van der Waals surface area (Å²) in [5, 5.41) is 9.16. The Balaban J connectivity index is 2.42. The summed E-state index contributed by atoms with van der Waals surface area (Å²) >= 11 is 0. The van der Waals surface area contributed by atoms with Crippen LogP contribution in [0, 0.1) is 16.2 Å². The summed E-state index contributed by atoms with van der Waals surface area (Å²) < 4.78 is 0. The van der Waals surface area contributed by atoms with Crippen molar-refractivity contribution in [2.24, 2.45) is 16.2 Å². The summed E-state index contributed by atoms with van der Waals surface area (Å²) in [7, 11) is 0. The number of carboxylic acid groups (broad SMARTS) is 1. The third-order valence-corrected chi connectivity index (χ3v) is 4.91. The van der Waals surface area contributed by atoms with E-state index >= 15 is 0 Å². The Labute approximate surface area is 73.0 Å². The van der Waals surface area contributed by atoms with Crippen LogP contribution < -0.4 is 0 Å². The number of carbonyl (C=O) groups is 1. The van der Waals surface area contributed by atoms with Gasteiger partial charge in [-0.1, -0.05) is 20.8 Å². The molecule has 2 nitrogen and oxygen atoms in total. The van der Waals surface area contributed by atoms with Crippen LogP contribution in [0.3, 0.4) is 0 Å². The predicted molar refractivity (Wildman–Crippen MR) is 45.8 cm³/mol. The van der Waals surface area contributed by atoms with Crippen LogP contribution in [-0.2, 0) is 4.79 Å². The number of hydrogen-bond donors (Lipinski definition) is 1. The molecule has 3 aliphatic rings. The van der Waals surface area contributed by atoms with Gasteiger partial charge in [0.25, 0.3) is 0 Å². The topological polar surface area (TPSA) is 37.3 Å². The van der Waals surface area contributed by atoms with Gasteiger partial charge in [-0.3, -0.25) is 4.79 Å². The molecule has 12 heavy (non-hydrogen) atoms. The minimum Gasteiger partial charge on any atom is -0.481 e. The summed E-state index contributed by atoms with van der Waals surface area (Å²) in [5.74, 6) is -0.581. The average molecular weight is 168 g/mol. The molecule has 3 rings (SSSR count). The van der Waals surface area contributed by atoms with E-state index in [4.69, 9.17) is 5.11 Å². The summed E-state index contributed by atoms with van der Waals surface area (Å²) in [6.45, 7) is 6.44. The highest BCUT2D eigenvalue weighted by Gasteiger charge is 2.74. The summed E-state index contributed by atoms with van der Waals surface area (Å²) in [6, 6.07) is 0. The molecule has 0 unspecified atom stereocenters. The predicted octanol–water partition coefficient (Wildman–Crippen LogP) is 2.29. The molecule has 68 valence electrons. The maximum Gasteiger partial charge on any atom is 0.310 e. The van der Waals surface area contributed by atoms with Gasteiger partial charge in [0.2, 0.25) is 0 Å². The molecule has 3 fully saturated rings. The zero-order chi connectivity index (χ0) is 9.20. The Hall–Kier alpha value is -0.530. The van der Waals surface area contributed by atoms with Gasteiger partial charge in [0.15, 0.2) is 0 Å². The van der Waals surface area contributed by atoms with Crippen molar-refractivity contribution in [2.75, 3.05) is 0 Å². The molecule has 0 aliphatic heterocycles. The Morgan fingerprint density at radius 2 is 1.83 bits per heavy atom. The first-order valence-electron chi connectivity index (χ1n) is 4.59. The normalized spacial score (nSPS) is 48.6. The quantitative estimate of drug-likeness (QED) is 0.652. The van der Waals surface area contributed by atoms with Gasteiger partial charge >= 0.3 is 5.97 Å². The second kappa shape index (κ2) is 1.70. The fourth-order valence-electron chi connectivity index (χ4n) is 3.32. The first-order valence-corrected chi connectivity index (χ1v) is 4.59. The molecule has 2 atom stereocenters. The molecule has 1 N–H and O–H groups in total. The molecule has 0 heterocycles. The van der Waals surface area contributed by atoms with Crippen molar-refractivity contribution in [3.63, 3.8) is 0 Å². The molecule has 3 aliphatic carbocycles. The lowest BCUT2D eigenvalue weighted by molar-refractivity contribution is -0.184. The number of fused-ring (bicyclic) bond motifs is 1. The van der Waals surface area contributed by atoms with E-state index in [2.05, 4.69) is 20.8 Å². The van der Waals surface area contributed by atoms with E-state index in [0.717, 1.165) is 19.3 Å².